The van der Waals surface area contributed by atoms with Gasteiger partial charge in [-0.3, -0.25) is 0 Å². The molecule has 0 saturated carbocycles. The second kappa shape index (κ2) is 14.1. The predicted molar refractivity (Wildman–Crippen MR) is 52.3 cm³/mol. The van der Waals surface area contributed by atoms with Crippen LogP contribution in [0.5, 0.6) is 0 Å². The third-order valence-electron chi connectivity index (χ3n) is 0.894. The Balaban J connectivity index is -0.0000000480. The molecule has 13 heteroatoms. The van der Waals surface area contributed by atoms with Crippen LogP contribution in [0.15, 0.2) is 0 Å². The van der Waals surface area contributed by atoms with Crippen LogP contribution < -0.4 is 29.4 Å². The van der Waals surface area contributed by atoms with Crippen LogP contribution in [-0.4, -0.2) is 25.0 Å². The molecule has 6 nitrogen and oxygen atoms in total. The SMILES string of the molecule is CS(C)=P([O-])([O-])[O-].CS(C)=P([O-])([O-])[O-].[Zn+2].[Zn+2].[Zn+2]. The first-order valence-corrected chi connectivity index (χ1v) is 11.5. The third-order valence-corrected chi connectivity index (χ3v) is 8.05. The molecule has 0 bridgehead atoms. The van der Waals surface area contributed by atoms with E-state index in [9.17, 15) is 29.4 Å². The van der Waals surface area contributed by atoms with Gasteiger partial charge in [0.25, 0.3) is 0 Å². The standard InChI is InChI=1S/2C2H6O3PS.3Zn/c2*1-7(2)6(3,4)5;;;/h2*1-2H3;;;/q2*-3;3*+2. The fraction of sp³-hybridized carbons (Fsp3) is 1.00. The van der Waals surface area contributed by atoms with Crippen molar-refractivity contribution >= 4 is 33.6 Å². The van der Waals surface area contributed by atoms with Crippen LogP contribution in [0.4, 0.5) is 0 Å². The van der Waals surface area contributed by atoms with Crippen molar-refractivity contribution in [2.24, 2.45) is 0 Å². The minimum absolute atomic E-state index is 0. The minimum atomic E-state index is -4.21. The van der Waals surface area contributed by atoms with Gasteiger partial charge in [-0.2, -0.15) is 0 Å². The monoisotopic (exact) mass is 474 g/mol. The van der Waals surface area contributed by atoms with Gasteiger partial charge in [0.05, 0.1) is 0 Å². The Kier molecular flexibility index (Phi) is 26.8. The van der Waals surface area contributed by atoms with E-state index in [0.29, 0.717) is 0 Å². The average Bonchev–Trinajstić information content (AvgIpc) is 1.83. The summed E-state index contributed by atoms with van der Waals surface area (Å²) in [6, 6.07) is 0. The van der Waals surface area contributed by atoms with Gasteiger partial charge < -0.3 is 42.8 Å². The molecule has 0 aromatic heterocycles. The molecule has 0 heterocycles. The van der Waals surface area contributed by atoms with E-state index in [0.717, 1.165) is 0 Å². The first-order valence-electron chi connectivity index (χ1n) is 3.09. The van der Waals surface area contributed by atoms with Crippen molar-refractivity contribution in [2.45, 2.75) is 0 Å². The predicted octanol–water partition coefficient (Wildman–Crippen LogP) is -4.76. The van der Waals surface area contributed by atoms with Crippen molar-refractivity contribution in [1.82, 2.24) is 0 Å². The van der Waals surface area contributed by atoms with E-state index in [1.165, 1.54) is 25.0 Å². The Labute approximate surface area is 145 Å². The van der Waals surface area contributed by atoms with E-state index >= 15 is 0 Å². The minimum Gasteiger partial charge on any atom is -0.848 e. The van der Waals surface area contributed by atoms with Crippen molar-refractivity contribution in [3.63, 3.8) is 0 Å². The molecule has 0 rings (SSSR count). The Morgan fingerprint density at radius 2 is 0.588 bits per heavy atom. The van der Waals surface area contributed by atoms with Gasteiger partial charge in [0.1, 0.15) is 0 Å². The van der Waals surface area contributed by atoms with E-state index in [4.69, 9.17) is 0 Å². The molecule has 17 heavy (non-hydrogen) atoms. The summed E-state index contributed by atoms with van der Waals surface area (Å²) in [5, 5.41) is 0. The summed E-state index contributed by atoms with van der Waals surface area (Å²) in [7, 11) is -1.98. The summed E-state index contributed by atoms with van der Waals surface area (Å²) >= 11 is 0. The normalized spacial score (nSPS) is 10.6. The van der Waals surface area contributed by atoms with Crippen molar-refractivity contribution in [1.29, 1.82) is 0 Å². The Morgan fingerprint density at radius 3 is 0.588 bits per heavy atom. The van der Waals surface area contributed by atoms with E-state index in [-0.39, 0.29) is 58.4 Å². The summed E-state index contributed by atoms with van der Waals surface area (Å²) in [5.41, 5.74) is 0. The second-order valence-corrected chi connectivity index (χ2v) is 14.4. The van der Waals surface area contributed by atoms with Gasteiger partial charge in [0.2, 0.25) is 0 Å². The van der Waals surface area contributed by atoms with Crippen LogP contribution in [0.3, 0.4) is 0 Å². The first kappa shape index (κ1) is 32.2. The van der Waals surface area contributed by atoms with Crippen LogP contribution in [0.2, 0.25) is 0 Å². The van der Waals surface area contributed by atoms with Crippen LogP contribution in [0.1, 0.15) is 0 Å². The van der Waals surface area contributed by atoms with E-state index in [1.54, 1.807) is 0 Å². The average molecular weight is 478 g/mol. The molecule has 92 valence electrons. The molecule has 0 N–H and O–H groups in total. The maximum Gasteiger partial charge on any atom is 2.00 e. The number of rotatable bonds is 0. The largest absolute Gasteiger partial charge is 2.00 e. The van der Waals surface area contributed by atoms with Gasteiger partial charge in [-0.05, 0) is 25.0 Å². The van der Waals surface area contributed by atoms with Crippen LogP contribution in [-0.2, 0) is 78.6 Å². The van der Waals surface area contributed by atoms with E-state index < -0.39 is 33.6 Å². The van der Waals surface area contributed by atoms with Gasteiger partial charge in [-0.25, -0.2) is 20.1 Å². The molecule has 0 amide bonds. The summed E-state index contributed by atoms with van der Waals surface area (Å²) in [6.45, 7) is -8.42. The summed E-state index contributed by atoms with van der Waals surface area (Å²) in [6.07, 6.45) is 5.56. The molecule has 0 radical (unpaired) electrons. The first-order chi connectivity index (χ1) is 5.89. The molecule has 0 aliphatic heterocycles. The quantitative estimate of drug-likeness (QED) is 0.253. The van der Waals surface area contributed by atoms with Crippen LogP contribution in [0, 0.1) is 0 Å². The molecule has 0 atom stereocenters. The zero-order valence-corrected chi connectivity index (χ0v) is 22.6. The molecule has 0 aliphatic rings. The molecular weight excluding hydrogens is 466 g/mol. The smallest absolute Gasteiger partial charge is 0.848 e. The maximum atomic E-state index is 9.82. The maximum absolute atomic E-state index is 9.82. The van der Waals surface area contributed by atoms with Crippen molar-refractivity contribution in [3.8, 4) is 0 Å². The zero-order chi connectivity index (χ0) is 12.2. The summed E-state index contributed by atoms with van der Waals surface area (Å²) in [5.74, 6) is 0. The van der Waals surface area contributed by atoms with Crippen LogP contribution >= 0.6 is 13.4 Å². The summed E-state index contributed by atoms with van der Waals surface area (Å²) in [4.78, 5) is 58.9. The fourth-order valence-electron chi connectivity index (χ4n) is 0. The van der Waals surface area contributed by atoms with Gasteiger partial charge >= 0.3 is 58.4 Å². The molecule has 0 spiro atoms. The number of hydrogen-bond acceptors (Lipinski definition) is 6. The number of hydrogen-bond donors (Lipinski definition) is 0. The van der Waals surface area contributed by atoms with Crippen LogP contribution in [0.25, 0.3) is 0 Å². The van der Waals surface area contributed by atoms with Crippen molar-refractivity contribution in [3.05, 3.63) is 0 Å². The molecule has 0 aromatic carbocycles. The molecule has 0 aliphatic carbocycles. The molecule has 0 fully saturated rings. The molecule has 0 aromatic rings. The van der Waals surface area contributed by atoms with Gasteiger partial charge in [-0.15, -0.1) is 0 Å². The fourth-order valence-corrected chi connectivity index (χ4v) is 0. The topological polar surface area (TPSA) is 138 Å². The van der Waals surface area contributed by atoms with E-state index in [2.05, 4.69) is 0 Å². The molecule has 0 unspecified atom stereocenters. The molecule has 0 saturated heterocycles. The summed E-state index contributed by atoms with van der Waals surface area (Å²) < 4.78 is 0. The Morgan fingerprint density at radius 1 is 0.529 bits per heavy atom. The Hall–Kier alpha value is 3.19. The van der Waals surface area contributed by atoms with Crippen molar-refractivity contribution < 1.29 is 87.8 Å². The van der Waals surface area contributed by atoms with E-state index in [1.807, 2.05) is 0 Å². The van der Waals surface area contributed by atoms with Gasteiger partial charge in [-0.1, -0.05) is 0 Å². The Bertz CT molecular complexity index is 245. The third kappa shape index (κ3) is 24.6. The second-order valence-electron chi connectivity index (χ2n) is 2.44. The van der Waals surface area contributed by atoms with Gasteiger partial charge in [0, 0.05) is 0 Å². The van der Waals surface area contributed by atoms with Crippen molar-refractivity contribution in [2.75, 3.05) is 25.0 Å². The van der Waals surface area contributed by atoms with Gasteiger partial charge in [0.15, 0.2) is 0 Å². The molecular formula is C4H12O6P2S2Zn3. The zero-order valence-electron chi connectivity index (χ0n) is 10.3.